The first-order chi connectivity index (χ1) is 10.6. The summed E-state index contributed by atoms with van der Waals surface area (Å²) >= 11 is 1.05. The van der Waals surface area contributed by atoms with Crippen LogP contribution in [0.5, 0.6) is 0 Å². The average Bonchev–Trinajstić information content (AvgIpc) is 2.83. The Morgan fingerprint density at radius 3 is 2.59 bits per heavy atom. The van der Waals surface area contributed by atoms with Crippen LogP contribution >= 0.6 is 11.3 Å². The van der Waals surface area contributed by atoms with Gasteiger partial charge in [-0.1, -0.05) is 30.3 Å². The second-order valence-corrected chi connectivity index (χ2v) is 5.59. The molecule has 1 heterocycles. The van der Waals surface area contributed by atoms with Crippen molar-refractivity contribution >= 4 is 28.2 Å². The molecule has 6 heteroatoms. The lowest BCUT2D eigenvalue weighted by molar-refractivity contribution is -0.115. The number of benzene rings is 1. The topological polar surface area (TPSA) is 79.2 Å². The molecule has 0 aliphatic rings. The number of nitrogens with zero attached hydrogens (tertiary/aromatic N) is 1. The third-order valence-corrected chi connectivity index (χ3v) is 4.28. The van der Waals surface area contributed by atoms with Crippen LogP contribution < -0.4 is 5.32 Å². The van der Waals surface area contributed by atoms with E-state index in [1.807, 2.05) is 36.4 Å². The van der Waals surface area contributed by atoms with Crippen molar-refractivity contribution in [3.63, 3.8) is 0 Å². The number of esters is 1. The molecule has 0 fully saturated rings. The minimum Gasteiger partial charge on any atom is -0.465 e. The van der Waals surface area contributed by atoms with Crippen LogP contribution in [0, 0.1) is 18.3 Å². The van der Waals surface area contributed by atoms with Gasteiger partial charge in [0, 0.05) is 0 Å². The fourth-order valence-corrected chi connectivity index (χ4v) is 3.07. The molecular weight excluding hydrogens is 300 g/mol. The van der Waals surface area contributed by atoms with E-state index in [1.54, 1.807) is 6.92 Å². The van der Waals surface area contributed by atoms with Gasteiger partial charge in [-0.05, 0) is 18.1 Å². The number of anilines is 1. The van der Waals surface area contributed by atoms with Gasteiger partial charge < -0.3 is 10.1 Å². The zero-order valence-electron chi connectivity index (χ0n) is 12.2. The molecular formula is C16H14N2O3S. The molecule has 1 N–H and O–H groups in total. The fraction of sp³-hybridized carbons (Fsp3) is 0.188. The Balaban J connectivity index is 2.21. The number of thiophene rings is 1. The summed E-state index contributed by atoms with van der Waals surface area (Å²) in [6, 6.07) is 11.3. The molecule has 1 aromatic heterocycles. The molecule has 0 aliphatic heterocycles. The van der Waals surface area contributed by atoms with E-state index in [4.69, 9.17) is 0 Å². The molecule has 0 atom stereocenters. The van der Waals surface area contributed by atoms with Crippen molar-refractivity contribution < 1.29 is 14.3 Å². The number of rotatable bonds is 4. The van der Waals surface area contributed by atoms with Gasteiger partial charge in [0.1, 0.15) is 15.9 Å². The first-order valence-corrected chi connectivity index (χ1v) is 7.34. The number of carbonyl (C=O) groups excluding carboxylic acids is 2. The number of hydrogen-bond acceptors (Lipinski definition) is 5. The Labute approximate surface area is 132 Å². The molecule has 22 heavy (non-hydrogen) atoms. The highest BCUT2D eigenvalue weighted by Gasteiger charge is 2.21. The summed E-state index contributed by atoms with van der Waals surface area (Å²) in [5, 5.41) is 12.3. The van der Waals surface area contributed by atoms with Crippen molar-refractivity contribution in [1.29, 1.82) is 5.26 Å². The lowest BCUT2D eigenvalue weighted by Gasteiger charge is -2.03. The summed E-state index contributed by atoms with van der Waals surface area (Å²) in [6.45, 7) is 1.66. The summed E-state index contributed by atoms with van der Waals surface area (Å²) in [5.41, 5.74) is 1.70. The molecule has 2 rings (SSSR count). The van der Waals surface area contributed by atoms with E-state index in [2.05, 4.69) is 10.1 Å². The van der Waals surface area contributed by atoms with Crippen LogP contribution in [0.2, 0.25) is 0 Å². The Morgan fingerprint density at radius 1 is 1.32 bits per heavy atom. The van der Waals surface area contributed by atoms with E-state index in [0.717, 1.165) is 16.9 Å². The average molecular weight is 314 g/mol. The maximum absolute atomic E-state index is 12.1. The summed E-state index contributed by atoms with van der Waals surface area (Å²) < 4.78 is 4.68. The van der Waals surface area contributed by atoms with Gasteiger partial charge in [-0.15, -0.1) is 11.3 Å². The normalized spacial score (nSPS) is 9.86. The highest BCUT2D eigenvalue weighted by molar-refractivity contribution is 7.18. The number of carbonyl (C=O) groups is 2. The number of ether oxygens (including phenoxy) is 1. The summed E-state index contributed by atoms with van der Waals surface area (Å²) in [4.78, 5) is 24.1. The summed E-state index contributed by atoms with van der Waals surface area (Å²) in [7, 11) is 1.28. The van der Waals surface area contributed by atoms with Crippen molar-refractivity contribution in [2.75, 3.05) is 12.4 Å². The minimum atomic E-state index is -0.512. The van der Waals surface area contributed by atoms with E-state index in [1.165, 1.54) is 7.11 Å². The molecule has 0 saturated carbocycles. The largest absolute Gasteiger partial charge is 0.465 e. The molecule has 2 aromatic rings. The SMILES string of the molecule is COC(=O)c1sc(NC(=O)Cc2ccccc2)c(C#N)c1C. The van der Waals surface area contributed by atoms with Crippen LogP contribution in [0.1, 0.15) is 26.4 Å². The van der Waals surface area contributed by atoms with Crippen LogP contribution in [0.25, 0.3) is 0 Å². The maximum Gasteiger partial charge on any atom is 0.348 e. The molecule has 5 nitrogen and oxygen atoms in total. The number of nitriles is 1. The molecule has 0 radical (unpaired) electrons. The van der Waals surface area contributed by atoms with Gasteiger partial charge in [0.2, 0.25) is 5.91 Å². The van der Waals surface area contributed by atoms with Gasteiger partial charge >= 0.3 is 5.97 Å². The molecule has 0 spiro atoms. The van der Waals surface area contributed by atoms with E-state index in [-0.39, 0.29) is 12.3 Å². The predicted octanol–water partition coefficient (Wildman–Crippen LogP) is 2.90. The number of hydrogen-bond donors (Lipinski definition) is 1. The molecule has 112 valence electrons. The van der Waals surface area contributed by atoms with Crippen LogP contribution in [-0.4, -0.2) is 19.0 Å². The van der Waals surface area contributed by atoms with Gasteiger partial charge in [0.05, 0.1) is 19.1 Å². The summed E-state index contributed by atoms with van der Waals surface area (Å²) in [5.74, 6) is -0.747. The predicted molar refractivity (Wildman–Crippen MR) is 83.9 cm³/mol. The Morgan fingerprint density at radius 2 is 2.00 bits per heavy atom. The van der Waals surface area contributed by atoms with Crippen LogP contribution in [0.3, 0.4) is 0 Å². The zero-order valence-corrected chi connectivity index (χ0v) is 13.0. The van der Waals surface area contributed by atoms with Gasteiger partial charge in [0.25, 0.3) is 0 Å². The molecule has 0 bridgehead atoms. The molecule has 0 unspecified atom stereocenters. The van der Waals surface area contributed by atoms with Gasteiger partial charge in [-0.3, -0.25) is 4.79 Å². The standard InChI is InChI=1S/C16H14N2O3S/c1-10-12(9-17)15(22-14(10)16(20)21-2)18-13(19)8-11-6-4-3-5-7-11/h3-7H,8H2,1-2H3,(H,18,19). The van der Waals surface area contributed by atoms with Crippen molar-refractivity contribution in [3.05, 3.63) is 51.9 Å². The van der Waals surface area contributed by atoms with E-state index < -0.39 is 5.97 Å². The van der Waals surface area contributed by atoms with Crippen LogP contribution in [0.15, 0.2) is 30.3 Å². The Kier molecular flexibility index (Phi) is 4.92. The van der Waals surface area contributed by atoms with E-state index in [0.29, 0.717) is 21.0 Å². The Bertz CT molecular complexity index is 745. The number of amides is 1. The molecule has 0 saturated heterocycles. The van der Waals surface area contributed by atoms with Crippen molar-refractivity contribution in [1.82, 2.24) is 0 Å². The fourth-order valence-electron chi connectivity index (χ4n) is 1.98. The van der Waals surface area contributed by atoms with Crippen LogP contribution in [0.4, 0.5) is 5.00 Å². The summed E-state index contributed by atoms with van der Waals surface area (Å²) in [6.07, 6.45) is 0.205. The first kappa shape index (κ1) is 15.7. The second-order valence-electron chi connectivity index (χ2n) is 4.57. The Hall–Kier alpha value is -2.65. The third-order valence-electron chi connectivity index (χ3n) is 3.09. The maximum atomic E-state index is 12.1. The van der Waals surface area contributed by atoms with Gasteiger partial charge in [-0.2, -0.15) is 5.26 Å². The third kappa shape index (κ3) is 3.32. The van der Waals surface area contributed by atoms with Crippen molar-refractivity contribution in [2.45, 2.75) is 13.3 Å². The van der Waals surface area contributed by atoms with Crippen LogP contribution in [-0.2, 0) is 16.0 Å². The molecule has 1 amide bonds. The first-order valence-electron chi connectivity index (χ1n) is 6.52. The number of methoxy groups -OCH3 is 1. The highest BCUT2D eigenvalue weighted by atomic mass is 32.1. The second kappa shape index (κ2) is 6.87. The van der Waals surface area contributed by atoms with E-state index >= 15 is 0 Å². The molecule has 0 aliphatic carbocycles. The zero-order chi connectivity index (χ0) is 16.1. The lowest BCUT2D eigenvalue weighted by Crippen LogP contribution is -2.14. The smallest absolute Gasteiger partial charge is 0.348 e. The quantitative estimate of drug-likeness (QED) is 0.880. The number of nitrogens with one attached hydrogen (secondary N) is 1. The molecule has 1 aromatic carbocycles. The van der Waals surface area contributed by atoms with Gasteiger partial charge in [0.15, 0.2) is 0 Å². The van der Waals surface area contributed by atoms with Crippen molar-refractivity contribution in [3.8, 4) is 6.07 Å². The van der Waals surface area contributed by atoms with E-state index in [9.17, 15) is 14.9 Å². The monoisotopic (exact) mass is 314 g/mol. The minimum absolute atomic E-state index is 0.205. The van der Waals surface area contributed by atoms with Crippen molar-refractivity contribution in [2.24, 2.45) is 0 Å². The lowest BCUT2D eigenvalue weighted by atomic mass is 10.1. The highest BCUT2D eigenvalue weighted by Crippen LogP contribution is 2.33. The van der Waals surface area contributed by atoms with Gasteiger partial charge in [-0.25, -0.2) is 4.79 Å².